The smallest absolute Gasteiger partial charge is 0.151 e. The molecule has 0 rings (SSSR count). The molecule has 0 saturated heterocycles. The molecule has 78 valence electrons. The molecule has 0 heterocycles. The van der Waals surface area contributed by atoms with E-state index < -0.39 is 23.9 Å². The van der Waals surface area contributed by atoms with Gasteiger partial charge in [0.05, 0.1) is 5.60 Å². The van der Waals surface area contributed by atoms with Crippen molar-refractivity contribution in [3.8, 4) is 0 Å². The van der Waals surface area contributed by atoms with E-state index in [9.17, 15) is 15.0 Å². The van der Waals surface area contributed by atoms with Crippen LogP contribution in [0.1, 0.15) is 20.3 Å². The molecule has 0 amide bonds. The van der Waals surface area contributed by atoms with Crippen LogP contribution in [0.5, 0.6) is 0 Å². The molecule has 4 N–H and O–H groups in total. The monoisotopic (exact) mass is 192 g/mol. The van der Waals surface area contributed by atoms with Gasteiger partial charge < -0.3 is 25.2 Å². The predicted molar refractivity (Wildman–Crippen MR) is 45.0 cm³/mol. The summed E-state index contributed by atoms with van der Waals surface area (Å²) >= 11 is 0. The maximum Gasteiger partial charge on any atom is 0.151 e. The number of carbonyl (C=O) groups is 1. The van der Waals surface area contributed by atoms with E-state index in [2.05, 4.69) is 0 Å². The third-order valence-corrected chi connectivity index (χ3v) is 2.17. The van der Waals surface area contributed by atoms with Crippen LogP contribution in [0, 0.1) is 0 Å². The van der Waals surface area contributed by atoms with Gasteiger partial charge in [-0.05, 0) is 13.3 Å². The van der Waals surface area contributed by atoms with Gasteiger partial charge in [0.1, 0.15) is 18.3 Å². The molecule has 0 unspecified atom stereocenters. The highest BCUT2D eigenvalue weighted by atomic mass is 16.4. The highest BCUT2D eigenvalue weighted by Crippen LogP contribution is 2.18. The van der Waals surface area contributed by atoms with Crippen molar-refractivity contribution < 1.29 is 25.2 Å². The van der Waals surface area contributed by atoms with Crippen LogP contribution in [0.2, 0.25) is 0 Å². The first-order chi connectivity index (χ1) is 5.86. The van der Waals surface area contributed by atoms with E-state index in [-0.39, 0.29) is 12.7 Å². The third kappa shape index (κ3) is 3.04. The van der Waals surface area contributed by atoms with Gasteiger partial charge in [0.25, 0.3) is 0 Å². The maximum absolute atomic E-state index is 10.1. The number of carbonyl (C=O) groups excluding carboxylic acids is 1. The normalized spacial score (nSPS) is 22.9. The Kier molecular flexibility index (Phi) is 4.49. The summed E-state index contributed by atoms with van der Waals surface area (Å²) in [6, 6.07) is 0. The van der Waals surface area contributed by atoms with Crippen molar-refractivity contribution in [2.45, 2.75) is 44.2 Å². The van der Waals surface area contributed by atoms with Crippen LogP contribution in [-0.4, -0.2) is 50.6 Å². The Morgan fingerprint density at radius 3 is 2.15 bits per heavy atom. The predicted octanol–water partition coefficient (Wildman–Crippen LogP) is -1.57. The highest BCUT2D eigenvalue weighted by Gasteiger charge is 2.37. The molecule has 5 nitrogen and oxygen atoms in total. The van der Waals surface area contributed by atoms with Gasteiger partial charge in [0.2, 0.25) is 0 Å². The maximum atomic E-state index is 10.1. The summed E-state index contributed by atoms with van der Waals surface area (Å²) in [5, 5.41) is 36.8. The van der Waals surface area contributed by atoms with Crippen LogP contribution < -0.4 is 0 Å². The van der Waals surface area contributed by atoms with Crippen LogP contribution in [0.4, 0.5) is 0 Å². The second-order valence-electron chi connectivity index (χ2n) is 3.27. The zero-order chi connectivity index (χ0) is 10.6. The third-order valence-electron chi connectivity index (χ3n) is 2.17. The van der Waals surface area contributed by atoms with E-state index in [1.54, 1.807) is 6.92 Å². The van der Waals surface area contributed by atoms with Gasteiger partial charge in [0, 0.05) is 0 Å². The molecule has 0 aliphatic heterocycles. The minimum Gasteiger partial charge on any atom is -0.387 e. The molecule has 0 bridgehead atoms. The van der Waals surface area contributed by atoms with E-state index in [4.69, 9.17) is 10.2 Å². The lowest BCUT2D eigenvalue weighted by molar-refractivity contribution is -0.152. The molecule has 13 heavy (non-hydrogen) atoms. The molecule has 0 aliphatic rings. The first-order valence-electron chi connectivity index (χ1n) is 4.08. The van der Waals surface area contributed by atoms with E-state index >= 15 is 0 Å². The lowest BCUT2D eigenvalue weighted by Gasteiger charge is -2.31. The van der Waals surface area contributed by atoms with Crippen molar-refractivity contribution in [1.82, 2.24) is 0 Å². The van der Waals surface area contributed by atoms with Crippen LogP contribution in [0.25, 0.3) is 0 Å². The van der Waals surface area contributed by atoms with Crippen LogP contribution in [-0.2, 0) is 4.79 Å². The summed E-state index contributed by atoms with van der Waals surface area (Å²) < 4.78 is 0. The Hall–Kier alpha value is -0.490. The van der Waals surface area contributed by atoms with Crippen molar-refractivity contribution in [2.24, 2.45) is 0 Å². The summed E-state index contributed by atoms with van der Waals surface area (Å²) in [7, 11) is 0. The summed E-state index contributed by atoms with van der Waals surface area (Å²) in [5.74, 6) is 0. The molecule has 0 saturated carbocycles. The van der Waals surface area contributed by atoms with Crippen molar-refractivity contribution in [1.29, 1.82) is 0 Å². The summed E-state index contributed by atoms with van der Waals surface area (Å²) in [4.78, 5) is 10.1. The highest BCUT2D eigenvalue weighted by molar-refractivity contribution is 5.56. The average molecular weight is 192 g/mol. The van der Waals surface area contributed by atoms with E-state index in [1.807, 2.05) is 0 Å². The Labute approximate surface area is 76.6 Å². The van der Waals surface area contributed by atoms with Crippen LogP contribution in [0.15, 0.2) is 0 Å². The van der Waals surface area contributed by atoms with Gasteiger partial charge in [-0.25, -0.2) is 0 Å². The van der Waals surface area contributed by atoms with Crippen molar-refractivity contribution in [3.63, 3.8) is 0 Å². The number of aldehydes is 1. The molecule has 5 heteroatoms. The second kappa shape index (κ2) is 4.66. The Balaban J connectivity index is 4.40. The minimum absolute atomic E-state index is 0.111. The molecule has 0 aromatic carbocycles. The van der Waals surface area contributed by atoms with Gasteiger partial charge in [-0.2, -0.15) is 0 Å². The molecule has 0 spiro atoms. The Morgan fingerprint density at radius 1 is 1.38 bits per heavy atom. The standard InChI is InChI=1S/C8H16O5/c1-3-8(2,13)7(12)6(11)5(10)4-9/h4-7,10-13H,3H2,1-2H3/t5-,6+,7+,8-/m1/s1. The number of rotatable bonds is 5. The zero-order valence-corrected chi connectivity index (χ0v) is 7.71. The van der Waals surface area contributed by atoms with Gasteiger partial charge in [-0.15, -0.1) is 0 Å². The van der Waals surface area contributed by atoms with Crippen molar-refractivity contribution >= 4 is 6.29 Å². The fraction of sp³-hybridized carbons (Fsp3) is 0.875. The molecule has 0 aliphatic carbocycles. The van der Waals surface area contributed by atoms with E-state index in [0.29, 0.717) is 0 Å². The summed E-state index contributed by atoms with van der Waals surface area (Å²) in [6.45, 7) is 2.93. The minimum atomic E-state index is -1.67. The second-order valence-corrected chi connectivity index (χ2v) is 3.27. The Morgan fingerprint density at radius 2 is 1.85 bits per heavy atom. The fourth-order valence-electron chi connectivity index (χ4n) is 0.844. The largest absolute Gasteiger partial charge is 0.387 e. The number of hydrogen-bond acceptors (Lipinski definition) is 5. The lowest BCUT2D eigenvalue weighted by atomic mass is 9.90. The summed E-state index contributed by atoms with van der Waals surface area (Å²) in [5.41, 5.74) is -1.51. The molecular weight excluding hydrogens is 176 g/mol. The molecular formula is C8H16O5. The van der Waals surface area contributed by atoms with Crippen molar-refractivity contribution in [2.75, 3.05) is 0 Å². The number of aliphatic hydroxyl groups is 4. The van der Waals surface area contributed by atoms with Gasteiger partial charge in [-0.3, -0.25) is 0 Å². The zero-order valence-electron chi connectivity index (χ0n) is 7.71. The van der Waals surface area contributed by atoms with Crippen LogP contribution in [0.3, 0.4) is 0 Å². The topological polar surface area (TPSA) is 98.0 Å². The molecule has 0 fully saturated rings. The Bertz CT molecular complexity index is 168. The molecule has 4 atom stereocenters. The van der Waals surface area contributed by atoms with E-state index in [1.165, 1.54) is 6.92 Å². The number of aliphatic hydroxyl groups excluding tert-OH is 3. The lowest BCUT2D eigenvalue weighted by Crippen LogP contribution is -2.51. The summed E-state index contributed by atoms with van der Waals surface area (Å²) in [6.07, 6.45) is -4.56. The molecule has 0 aromatic heterocycles. The first-order valence-corrected chi connectivity index (χ1v) is 4.08. The van der Waals surface area contributed by atoms with E-state index in [0.717, 1.165) is 0 Å². The SMILES string of the molecule is CC[C@@](C)(O)[C@@H](O)[C@@H](O)[C@H](O)C=O. The van der Waals surface area contributed by atoms with Gasteiger partial charge >= 0.3 is 0 Å². The molecule has 0 aromatic rings. The average Bonchev–Trinajstić information content (AvgIpc) is 2.14. The van der Waals surface area contributed by atoms with Gasteiger partial charge in [-0.1, -0.05) is 6.92 Å². The van der Waals surface area contributed by atoms with Crippen molar-refractivity contribution in [3.05, 3.63) is 0 Å². The quantitative estimate of drug-likeness (QED) is 0.394. The molecule has 0 radical (unpaired) electrons. The fourth-order valence-corrected chi connectivity index (χ4v) is 0.844. The van der Waals surface area contributed by atoms with Crippen LogP contribution >= 0.6 is 0 Å². The van der Waals surface area contributed by atoms with Gasteiger partial charge in [0.15, 0.2) is 6.29 Å². The first kappa shape index (κ1) is 12.5. The number of hydrogen-bond donors (Lipinski definition) is 4.